The monoisotopic (exact) mass is 326 g/mol. The molecule has 0 spiro atoms. The number of aryl methyl sites for hydroxylation is 2. The van der Waals surface area contributed by atoms with Gasteiger partial charge in [0.15, 0.2) is 0 Å². The lowest BCUT2D eigenvalue weighted by molar-refractivity contribution is -0.131. The summed E-state index contributed by atoms with van der Waals surface area (Å²) >= 11 is 0. The quantitative estimate of drug-likeness (QED) is 0.879. The number of hydrogen-bond donors (Lipinski definition) is 1. The van der Waals surface area contributed by atoms with Crippen LogP contribution in [0.25, 0.3) is 0 Å². The van der Waals surface area contributed by atoms with Crippen molar-refractivity contribution in [2.75, 3.05) is 0 Å². The molecule has 24 heavy (non-hydrogen) atoms. The predicted molar refractivity (Wildman–Crippen MR) is 88.7 cm³/mol. The number of carbonyl (C=O) groups excluding carboxylic acids is 2. The first-order valence-electron chi connectivity index (χ1n) is 7.77. The number of halogens is 1. The number of imide groups is 1. The van der Waals surface area contributed by atoms with Crippen LogP contribution in [0.5, 0.6) is 0 Å². The number of nitrogens with zero attached hydrogens (tertiary/aromatic N) is 1. The van der Waals surface area contributed by atoms with Gasteiger partial charge in [-0.2, -0.15) is 0 Å². The molecule has 1 aliphatic heterocycles. The third-order valence-electron chi connectivity index (χ3n) is 4.53. The molecular formula is C19H19FN2O2. The Morgan fingerprint density at radius 3 is 2.42 bits per heavy atom. The van der Waals surface area contributed by atoms with Crippen LogP contribution in [0, 0.1) is 19.7 Å². The lowest BCUT2D eigenvalue weighted by atomic mass is 9.92. The molecule has 1 N–H and O–H groups in total. The molecule has 124 valence electrons. The van der Waals surface area contributed by atoms with Crippen LogP contribution in [0.4, 0.5) is 9.18 Å². The second kappa shape index (κ2) is 5.74. The van der Waals surface area contributed by atoms with Crippen LogP contribution in [-0.4, -0.2) is 16.8 Å². The van der Waals surface area contributed by atoms with Crippen molar-refractivity contribution < 1.29 is 14.0 Å². The summed E-state index contributed by atoms with van der Waals surface area (Å²) < 4.78 is 13.1. The molecule has 1 saturated heterocycles. The van der Waals surface area contributed by atoms with E-state index in [2.05, 4.69) is 5.32 Å². The van der Waals surface area contributed by atoms with Crippen molar-refractivity contribution in [3.05, 3.63) is 70.5 Å². The van der Waals surface area contributed by atoms with E-state index >= 15 is 0 Å². The first kappa shape index (κ1) is 16.2. The number of amides is 3. The number of carbonyl (C=O) groups is 2. The van der Waals surface area contributed by atoms with Crippen LogP contribution in [0.1, 0.15) is 29.2 Å². The van der Waals surface area contributed by atoms with Gasteiger partial charge in [0.1, 0.15) is 11.4 Å². The van der Waals surface area contributed by atoms with E-state index in [9.17, 15) is 14.0 Å². The molecule has 0 aliphatic carbocycles. The maximum absolute atomic E-state index is 13.1. The van der Waals surface area contributed by atoms with Gasteiger partial charge in [-0.15, -0.1) is 0 Å². The highest BCUT2D eigenvalue weighted by Crippen LogP contribution is 2.30. The van der Waals surface area contributed by atoms with Crippen LogP contribution in [0.3, 0.4) is 0 Å². The molecule has 4 nitrogen and oxygen atoms in total. The van der Waals surface area contributed by atoms with Gasteiger partial charge in [0.2, 0.25) is 0 Å². The van der Waals surface area contributed by atoms with E-state index in [-0.39, 0.29) is 18.3 Å². The summed E-state index contributed by atoms with van der Waals surface area (Å²) in [4.78, 5) is 26.4. The van der Waals surface area contributed by atoms with Gasteiger partial charge < -0.3 is 5.32 Å². The second-order valence-corrected chi connectivity index (χ2v) is 6.38. The van der Waals surface area contributed by atoms with Gasteiger partial charge in [-0.05, 0) is 49.6 Å². The van der Waals surface area contributed by atoms with E-state index in [0.717, 1.165) is 16.7 Å². The van der Waals surface area contributed by atoms with Crippen LogP contribution in [0.2, 0.25) is 0 Å². The Kier molecular flexibility index (Phi) is 3.87. The molecule has 2 aromatic carbocycles. The van der Waals surface area contributed by atoms with Gasteiger partial charge in [0.25, 0.3) is 5.91 Å². The molecule has 1 heterocycles. The van der Waals surface area contributed by atoms with E-state index < -0.39 is 11.6 Å². The van der Waals surface area contributed by atoms with Crippen molar-refractivity contribution in [3.8, 4) is 0 Å². The van der Waals surface area contributed by atoms with Crippen LogP contribution < -0.4 is 5.32 Å². The van der Waals surface area contributed by atoms with Crippen molar-refractivity contribution in [2.24, 2.45) is 0 Å². The number of rotatable bonds is 3. The number of hydrogen-bond acceptors (Lipinski definition) is 2. The molecule has 0 radical (unpaired) electrons. The van der Waals surface area contributed by atoms with Gasteiger partial charge in [0, 0.05) is 0 Å². The lowest BCUT2D eigenvalue weighted by Crippen LogP contribution is -2.40. The second-order valence-electron chi connectivity index (χ2n) is 6.38. The first-order valence-corrected chi connectivity index (χ1v) is 7.77. The molecule has 3 rings (SSSR count). The van der Waals surface area contributed by atoms with Crippen molar-refractivity contribution in [3.63, 3.8) is 0 Å². The normalized spacial score (nSPS) is 20.4. The van der Waals surface area contributed by atoms with Crippen LogP contribution >= 0.6 is 0 Å². The van der Waals surface area contributed by atoms with E-state index in [0.29, 0.717) is 5.56 Å². The van der Waals surface area contributed by atoms with Crippen molar-refractivity contribution in [2.45, 2.75) is 32.9 Å². The third kappa shape index (κ3) is 2.66. The Morgan fingerprint density at radius 2 is 1.75 bits per heavy atom. The molecule has 1 unspecified atom stereocenters. The fourth-order valence-electron chi connectivity index (χ4n) is 2.96. The molecule has 2 aromatic rings. The van der Waals surface area contributed by atoms with E-state index in [1.807, 2.05) is 32.0 Å². The summed E-state index contributed by atoms with van der Waals surface area (Å²) in [6, 6.07) is 11.1. The Hall–Kier alpha value is -2.69. The molecule has 1 aliphatic rings. The number of benzene rings is 2. The van der Waals surface area contributed by atoms with Gasteiger partial charge in [-0.1, -0.05) is 35.9 Å². The smallest absolute Gasteiger partial charge is 0.319 e. The maximum Gasteiger partial charge on any atom is 0.325 e. The summed E-state index contributed by atoms with van der Waals surface area (Å²) in [5.41, 5.74) is 2.41. The van der Waals surface area contributed by atoms with Gasteiger partial charge >= 0.3 is 6.03 Å². The van der Waals surface area contributed by atoms with Crippen molar-refractivity contribution in [1.82, 2.24) is 10.2 Å². The highest BCUT2D eigenvalue weighted by molar-refractivity contribution is 6.07. The summed E-state index contributed by atoms with van der Waals surface area (Å²) in [5, 5.41) is 2.74. The number of nitrogens with one attached hydrogen (secondary N) is 1. The minimum Gasteiger partial charge on any atom is -0.319 e. The molecular weight excluding hydrogens is 307 g/mol. The lowest BCUT2D eigenvalue weighted by Gasteiger charge is -2.22. The molecule has 1 fully saturated rings. The van der Waals surface area contributed by atoms with Crippen molar-refractivity contribution >= 4 is 11.9 Å². The van der Waals surface area contributed by atoms with E-state index in [1.165, 1.54) is 29.2 Å². The molecule has 0 bridgehead atoms. The molecule has 0 aromatic heterocycles. The minimum absolute atomic E-state index is 0.217. The fourth-order valence-corrected chi connectivity index (χ4v) is 2.96. The van der Waals surface area contributed by atoms with Crippen LogP contribution in [-0.2, 0) is 16.9 Å². The standard InChI is InChI=1S/C19H19FN2O2/c1-12-4-5-13(2)14(10-12)11-22-17(23)19(3,21-18(22)24)15-6-8-16(20)9-7-15/h4-10H,11H2,1-3H3,(H,21,24). The predicted octanol–water partition coefficient (Wildman–Crippen LogP) is 3.41. The molecule has 1 atom stereocenters. The SMILES string of the molecule is Cc1ccc(C)c(CN2C(=O)NC(C)(c3ccc(F)cc3)C2=O)c1. The zero-order valence-corrected chi connectivity index (χ0v) is 13.9. The Labute approximate surface area is 140 Å². The van der Waals surface area contributed by atoms with Crippen molar-refractivity contribution in [1.29, 1.82) is 0 Å². The summed E-state index contributed by atoms with van der Waals surface area (Å²) in [6.07, 6.45) is 0. The molecule has 0 saturated carbocycles. The zero-order chi connectivity index (χ0) is 17.5. The fraction of sp³-hybridized carbons (Fsp3) is 0.263. The summed E-state index contributed by atoms with van der Waals surface area (Å²) in [7, 11) is 0. The van der Waals surface area contributed by atoms with E-state index in [1.54, 1.807) is 6.92 Å². The average molecular weight is 326 g/mol. The third-order valence-corrected chi connectivity index (χ3v) is 4.53. The summed E-state index contributed by atoms with van der Waals surface area (Å²) in [5.74, 6) is -0.716. The maximum atomic E-state index is 13.1. The Balaban J connectivity index is 1.91. The molecule has 5 heteroatoms. The first-order chi connectivity index (χ1) is 11.3. The van der Waals surface area contributed by atoms with Gasteiger partial charge in [-0.25, -0.2) is 9.18 Å². The van der Waals surface area contributed by atoms with E-state index in [4.69, 9.17) is 0 Å². The van der Waals surface area contributed by atoms with Gasteiger partial charge in [-0.3, -0.25) is 9.69 Å². The Bertz CT molecular complexity index is 817. The highest BCUT2D eigenvalue weighted by Gasteiger charge is 2.48. The Morgan fingerprint density at radius 1 is 1.08 bits per heavy atom. The molecule has 3 amide bonds. The van der Waals surface area contributed by atoms with Crippen LogP contribution in [0.15, 0.2) is 42.5 Å². The largest absolute Gasteiger partial charge is 0.325 e. The summed E-state index contributed by atoms with van der Waals surface area (Å²) in [6.45, 7) is 5.78. The number of urea groups is 1. The zero-order valence-electron chi connectivity index (χ0n) is 13.9. The highest BCUT2D eigenvalue weighted by atomic mass is 19.1. The van der Waals surface area contributed by atoms with Gasteiger partial charge in [0.05, 0.1) is 6.54 Å². The topological polar surface area (TPSA) is 49.4 Å². The average Bonchev–Trinajstić information content (AvgIpc) is 2.75. The minimum atomic E-state index is -1.18.